The average molecular weight is 397 g/mol. The second-order valence-corrected chi connectivity index (χ2v) is 6.99. The van der Waals surface area contributed by atoms with Crippen LogP contribution in [0.15, 0.2) is 42.2 Å². The standard InChI is InChI=1S/C15H13N3O3S.C4H6N2/c1-8(19)7-16-15(21)9-4-5-10(20)13-12(9)17-14(18-13)11-3-2-6-22-11;1-4-2-5-3-6-4/h2-6,20H,7H2,1H3,(H,16,21)(H,17,18);2-3H,1H3,(H,5,6). The number of phenols is 1. The highest BCUT2D eigenvalue weighted by molar-refractivity contribution is 7.13. The van der Waals surface area contributed by atoms with Crippen molar-refractivity contribution in [3.8, 4) is 16.5 Å². The fourth-order valence-corrected chi connectivity index (χ4v) is 3.09. The number of carbonyl (C=O) groups is 2. The number of imidazole rings is 2. The fourth-order valence-electron chi connectivity index (χ4n) is 2.42. The maximum Gasteiger partial charge on any atom is 0.253 e. The summed E-state index contributed by atoms with van der Waals surface area (Å²) in [7, 11) is 0. The lowest BCUT2D eigenvalue weighted by Crippen LogP contribution is -2.28. The monoisotopic (exact) mass is 397 g/mol. The Morgan fingerprint density at radius 2 is 2.11 bits per heavy atom. The van der Waals surface area contributed by atoms with Crippen molar-refractivity contribution < 1.29 is 14.7 Å². The number of ketones is 1. The van der Waals surface area contributed by atoms with Gasteiger partial charge in [0.25, 0.3) is 5.91 Å². The zero-order valence-corrected chi connectivity index (χ0v) is 16.1. The summed E-state index contributed by atoms with van der Waals surface area (Å²) in [4.78, 5) is 38.2. The smallest absolute Gasteiger partial charge is 0.253 e. The summed E-state index contributed by atoms with van der Waals surface area (Å²) in [6.07, 6.45) is 3.44. The van der Waals surface area contributed by atoms with Gasteiger partial charge in [-0.3, -0.25) is 9.59 Å². The van der Waals surface area contributed by atoms with Crippen molar-refractivity contribution in [2.75, 3.05) is 6.54 Å². The molecular formula is C19H19N5O3S. The summed E-state index contributed by atoms with van der Waals surface area (Å²) in [5.74, 6) is 0.0784. The van der Waals surface area contributed by atoms with E-state index in [-0.39, 0.29) is 18.1 Å². The van der Waals surface area contributed by atoms with Crippen LogP contribution in [0.2, 0.25) is 0 Å². The van der Waals surface area contributed by atoms with Crippen LogP contribution in [0.4, 0.5) is 0 Å². The fraction of sp³-hybridized carbons (Fsp3) is 0.158. The van der Waals surface area contributed by atoms with E-state index in [0.717, 1.165) is 10.6 Å². The Morgan fingerprint density at radius 1 is 1.29 bits per heavy atom. The first kappa shape index (κ1) is 19.3. The number of hydrogen-bond acceptors (Lipinski definition) is 6. The lowest BCUT2D eigenvalue weighted by Gasteiger charge is -2.04. The van der Waals surface area contributed by atoms with Gasteiger partial charge < -0.3 is 20.4 Å². The van der Waals surface area contributed by atoms with Gasteiger partial charge in [-0.05, 0) is 37.4 Å². The molecule has 3 aromatic heterocycles. The van der Waals surface area contributed by atoms with Gasteiger partial charge in [-0.1, -0.05) is 6.07 Å². The maximum absolute atomic E-state index is 12.2. The van der Waals surface area contributed by atoms with E-state index in [4.69, 9.17) is 0 Å². The molecule has 0 bridgehead atoms. The van der Waals surface area contributed by atoms with Gasteiger partial charge in [-0.15, -0.1) is 11.3 Å². The molecule has 0 radical (unpaired) electrons. The number of aromatic amines is 2. The van der Waals surface area contributed by atoms with Crippen LogP contribution in [-0.2, 0) is 4.79 Å². The molecule has 144 valence electrons. The molecule has 4 aromatic rings. The third kappa shape index (κ3) is 4.44. The van der Waals surface area contributed by atoms with E-state index >= 15 is 0 Å². The average Bonchev–Trinajstić information content (AvgIpc) is 3.41. The van der Waals surface area contributed by atoms with Gasteiger partial charge in [-0.25, -0.2) is 9.97 Å². The minimum atomic E-state index is -0.399. The first-order valence-corrected chi connectivity index (χ1v) is 9.32. The number of benzene rings is 1. The minimum absolute atomic E-state index is 0.0217. The number of phenolic OH excluding ortho intramolecular Hbond substituents is 1. The van der Waals surface area contributed by atoms with Gasteiger partial charge in [0.05, 0.1) is 23.3 Å². The summed E-state index contributed by atoms with van der Waals surface area (Å²) < 4.78 is 0. The second kappa shape index (κ2) is 8.49. The van der Waals surface area contributed by atoms with Gasteiger partial charge >= 0.3 is 0 Å². The number of nitrogens with zero attached hydrogens (tertiary/aromatic N) is 2. The second-order valence-electron chi connectivity index (χ2n) is 6.04. The molecule has 0 aliphatic rings. The maximum atomic E-state index is 12.2. The topological polar surface area (TPSA) is 124 Å². The van der Waals surface area contributed by atoms with Crippen LogP contribution in [0.25, 0.3) is 21.7 Å². The Bertz CT molecular complexity index is 1080. The molecule has 0 spiro atoms. The van der Waals surface area contributed by atoms with Crippen molar-refractivity contribution in [3.63, 3.8) is 0 Å². The van der Waals surface area contributed by atoms with Crippen molar-refractivity contribution >= 4 is 34.1 Å². The molecule has 28 heavy (non-hydrogen) atoms. The molecule has 3 heterocycles. The molecule has 1 aromatic carbocycles. The number of H-pyrrole nitrogens is 2. The minimum Gasteiger partial charge on any atom is -0.506 e. The molecule has 0 fully saturated rings. The molecule has 0 aliphatic carbocycles. The molecule has 8 nitrogen and oxygen atoms in total. The Hall–Kier alpha value is -3.46. The predicted octanol–water partition coefficient (Wildman–Crippen LogP) is 3.03. The van der Waals surface area contributed by atoms with Crippen LogP contribution < -0.4 is 5.32 Å². The predicted molar refractivity (Wildman–Crippen MR) is 107 cm³/mol. The first-order valence-electron chi connectivity index (χ1n) is 8.44. The number of Topliss-reactive ketones (excluding diaryl/α,β-unsaturated/α-hetero) is 1. The zero-order chi connectivity index (χ0) is 20.1. The number of aromatic nitrogens is 4. The Morgan fingerprint density at radius 3 is 2.68 bits per heavy atom. The van der Waals surface area contributed by atoms with E-state index in [2.05, 4.69) is 25.3 Å². The van der Waals surface area contributed by atoms with Crippen molar-refractivity contribution in [2.45, 2.75) is 13.8 Å². The van der Waals surface area contributed by atoms with E-state index in [0.29, 0.717) is 22.4 Å². The lowest BCUT2D eigenvalue weighted by molar-refractivity contribution is -0.116. The number of aromatic hydroxyl groups is 1. The number of aryl methyl sites for hydroxylation is 1. The highest BCUT2D eigenvalue weighted by Crippen LogP contribution is 2.30. The van der Waals surface area contributed by atoms with E-state index in [1.165, 1.54) is 30.4 Å². The van der Waals surface area contributed by atoms with Gasteiger partial charge in [-0.2, -0.15) is 0 Å². The number of nitrogens with one attached hydrogen (secondary N) is 3. The van der Waals surface area contributed by atoms with Crippen molar-refractivity contribution in [1.29, 1.82) is 0 Å². The SMILES string of the molecule is CC(=O)CNC(=O)c1ccc(O)c2[nH]c(-c3cccs3)nc12.Cc1cnc[nH]1. The van der Waals surface area contributed by atoms with Gasteiger partial charge in [0.1, 0.15) is 28.4 Å². The van der Waals surface area contributed by atoms with Crippen molar-refractivity contribution in [2.24, 2.45) is 0 Å². The third-order valence-corrected chi connectivity index (χ3v) is 4.63. The quantitative estimate of drug-likeness (QED) is 0.421. The molecule has 0 atom stereocenters. The molecule has 4 N–H and O–H groups in total. The molecular weight excluding hydrogens is 378 g/mol. The summed E-state index contributed by atoms with van der Waals surface area (Å²) in [6.45, 7) is 3.33. The normalized spacial score (nSPS) is 10.4. The summed E-state index contributed by atoms with van der Waals surface area (Å²) in [5.41, 5.74) is 2.20. The van der Waals surface area contributed by atoms with Crippen LogP contribution in [0, 0.1) is 6.92 Å². The number of rotatable bonds is 4. The highest BCUT2D eigenvalue weighted by Gasteiger charge is 2.17. The zero-order valence-electron chi connectivity index (χ0n) is 15.3. The van der Waals surface area contributed by atoms with E-state index in [1.54, 1.807) is 12.5 Å². The summed E-state index contributed by atoms with van der Waals surface area (Å²) >= 11 is 1.50. The van der Waals surface area contributed by atoms with E-state index in [9.17, 15) is 14.7 Å². The van der Waals surface area contributed by atoms with E-state index < -0.39 is 5.91 Å². The largest absolute Gasteiger partial charge is 0.506 e. The number of carbonyl (C=O) groups excluding carboxylic acids is 2. The Balaban J connectivity index is 0.000000320. The van der Waals surface area contributed by atoms with E-state index in [1.807, 2.05) is 24.4 Å². The molecule has 0 saturated heterocycles. The van der Waals surface area contributed by atoms with Crippen LogP contribution in [0.3, 0.4) is 0 Å². The number of amides is 1. The summed E-state index contributed by atoms with van der Waals surface area (Å²) in [5, 5.41) is 14.4. The molecule has 4 rings (SSSR count). The lowest BCUT2D eigenvalue weighted by atomic mass is 10.1. The number of hydrogen-bond donors (Lipinski definition) is 4. The third-order valence-electron chi connectivity index (χ3n) is 3.75. The van der Waals surface area contributed by atoms with Gasteiger partial charge in [0, 0.05) is 11.9 Å². The molecule has 9 heteroatoms. The molecule has 0 aliphatic heterocycles. The number of fused-ring (bicyclic) bond motifs is 1. The van der Waals surface area contributed by atoms with Crippen molar-refractivity contribution in [1.82, 2.24) is 25.3 Å². The van der Waals surface area contributed by atoms with Crippen LogP contribution >= 0.6 is 11.3 Å². The number of thiophene rings is 1. The highest BCUT2D eigenvalue weighted by atomic mass is 32.1. The van der Waals surface area contributed by atoms with Gasteiger partial charge in [0.2, 0.25) is 0 Å². The Labute approximate surface area is 164 Å². The first-order chi connectivity index (χ1) is 13.5. The van der Waals surface area contributed by atoms with Gasteiger partial charge in [0.15, 0.2) is 0 Å². The van der Waals surface area contributed by atoms with Crippen molar-refractivity contribution in [3.05, 3.63) is 53.4 Å². The van der Waals surface area contributed by atoms with Crippen LogP contribution in [0.5, 0.6) is 5.75 Å². The molecule has 0 saturated carbocycles. The Kier molecular flexibility index (Phi) is 5.85. The summed E-state index contributed by atoms with van der Waals surface area (Å²) in [6, 6.07) is 6.72. The van der Waals surface area contributed by atoms with Crippen LogP contribution in [-0.4, -0.2) is 43.3 Å². The molecule has 0 unspecified atom stereocenters. The van der Waals surface area contributed by atoms with Crippen LogP contribution in [0.1, 0.15) is 23.0 Å². The molecule has 1 amide bonds.